The Labute approximate surface area is 228 Å². The molecule has 0 saturated carbocycles. The van der Waals surface area contributed by atoms with Crippen LogP contribution in [0.3, 0.4) is 0 Å². The fourth-order valence-electron chi connectivity index (χ4n) is 4.72. The minimum absolute atomic E-state index is 0.244. The van der Waals surface area contributed by atoms with Crippen LogP contribution in [-0.2, 0) is 10.8 Å². The molecule has 0 fully saturated rings. The number of hydrogen-bond donors (Lipinski definition) is 2. The molecule has 0 bridgehead atoms. The molecule has 0 aliphatic rings. The van der Waals surface area contributed by atoms with Crippen molar-refractivity contribution >= 4 is 30.0 Å². The summed E-state index contributed by atoms with van der Waals surface area (Å²) in [6.07, 6.45) is 5.65. The Morgan fingerprint density at radius 1 is 0.684 bits per heavy atom. The average molecular weight is 527 g/mol. The van der Waals surface area contributed by atoms with Crippen molar-refractivity contribution in [2.75, 3.05) is 0 Å². The molecule has 1 heterocycles. The Kier molecular flexibility index (Phi) is 7.59. The minimum atomic E-state index is -1.34. The van der Waals surface area contributed by atoms with Gasteiger partial charge >= 0.3 is 0 Å². The van der Waals surface area contributed by atoms with E-state index in [1.54, 1.807) is 4.68 Å². The Morgan fingerprint density at radius 2 is 1.16 bits per heavy atom. The van der Waals surface area contributed by atoms with Crippen LogP contribution in [-0.4, -0.2) is 21.1 Å². The molecule has 0 aliphatic heterocycles. The summed E-state index contributed by atoms with van der Waals surface area (Å²) in [6, 6.07) is 20.3. The van der Waals surface area contributed by atoms with Crippen molar-refractivity contribution in [2.45, 2.75) is 66.2 Å². The number of nitrogens with zero attached hydrogens (tertiary/aromatic N) is 2. The third-order valence-electron chi connectivity index (χ3n) is 6.66. The van der Waals surface area contributed by atoms with Crippen LogP contribution in [0.1, 0.15) is 69.4 Å². The van der Waals surface area contributed by atoms with Gasteiger partial charge in [-0.3, -0.25) is 0 Å². The fraction of sp³-hybridized carbons (Fsp3) is 0.303. The van der Waals surface area contributed by atoms with Crippen LogP contribution in [0, 0.1) is 13.8 Å². The molecule has 0 aliphatic carbocycles. The van der Waals surface area contributed by atoms with Gasteiger partial charge in [-0.25, -0.2) is 4.68 Å². The summed E-state index contributed by atoms with van der Waals surface area (Å²) in [6.45, 7) is 16.9. The van der Waals surface area contributed by atoms with Crippen molar-refractivity contribution in [3.05, 3.63) is 101 Å². The fourth-order valence-corrected chi connectivity index (χ4v) is 7.46. The summed E-state index contributed by atoms with van der Waals surface area (Å²) in [4.78, 5) is 0. The highest BCUT2D eigenvalue weighted by molar-refractivity contribution is 7.80. The van der Waals surface area contributed by atoms with E-state index >= 15 is 0 Å². The molecule has 0 saturated heterocycles. The molecule has 4 aromatic rings. The van der Waals surface area contributed by atoms with Crippen molar-refractivity contribution < 1.29 is 10.2 Å². The predicted octanol–water partition coefficient (Wildman–Crippen LogP) is 6.75. The van der Waals surface area contributed by atoms with Crippen LogP contribution in [0.5, 0.6) is 11.5 Å². The van der Waals surface area contributed by atoms with Gasteiger partial charge in [-0.2, -0.15) is 5.10 Å². The number of hydrogen-bond acceptors (Lipinski definition) is 3. The average Bonchev–Trinajstić information content (AvgIpc) is 3.35. The second-order valence-electron chi connectivity index (χ2n) is 12.1. The van der Waals surface area contributed by atoms with Crippen LogP contribution in [0.15, 0.2) is 78.2 Å². The molecule has 198 valence electrons. The van der Waals surface area contributed by atoms with E-state index in [0.717, 1.165) is 43.7 Å². The van der Waals surface area contributed by atoms with E-state index in [9.17, 15) is 10.2 Å². The molecule has 0 unspecified atom stereocenters. The maximum Gasteiger partial charge on any atom is 0.127 e. The third-order valence-corrected chi connectivity index (χ3v) is 9.20. The lowest BCUT2D eigenvalue weighted by Crippen LogP contribution is -2.27. The quantitative estimate of drug-likeness (QED) is 0.223. The second-order valence-corrected chi connectivity index (χ2v) is 14.2. The molecule has 4 rings (SSSR count). The summed E-state index contributed by atoms with van der Waals surface area (Å²) in [5.74, 6) is 0.592. The first-order chi connectivity index (χ1) is 17.8. The third kappa shape index (κ3) is 5.71. The molecule has 2 N–H and O–H groups in total. The highest BCUT2D eigenvalue weighted by Gasteiger charge is 2.31. The van der Waals surface area contributed by atoms with Gasteiger partial charge in [-0.05, 0) is 73.3 Å². The number of aryl methyl sites for hydroxylation is 2. The normalized spacial score (nSPS) is 12.6. The molecule has 5 heteroatoms. The van der Waals surface area contributed by atoms with Crippen LogP contribution in [0.25, 0.3) is 0 Å². The van der Waals surface area contributed by atoms with E-state index in [0.29, 0.717) is 11.5 Å². The van der Waals surface area contributed by atoms with Gasteiger partial charge in [0.1, 0.15) is 11.5 Å². The van der Waals surface area contributed by atoms with Gasteiger partial charge in [0.05, 0.1) is 6.21 Å². The number of phenolic OH excluding ortho intramolecular Hbond substituents is 2. The maximum absolute atomic E-state index is 11.8. The minimum Gasteiger partial charge on any atom is -0.507 e. The molecule has 0 atom stereocenters. The van der Waals surface area contributed by atoms with Crippen LogP contribution in [0.4, 0.5) is 0 Å². The lowest BCUT2D eigenvalue weighted by Gasteiger charge is -2.30. The van der Waals surface area contributed by atoms with E-state index in [1.807, 2.05) is 48.9 Å². The second kappa shape index (κ2) is 10.4. The molecule has 3 aromatic carbocycles. The van der Waals surface area contributed by atoms with E-state index in [2.05, 4.69) is 90.8 Å². The summed E-state index contributed by atoms with van der Waals surface area (Å²) in [5.41, 5.74) is 4.43. The Hall–Kier alpha value is -3.36. The summed E-state index contributed by atoms with van der Waals surface area (Å²) in [7, 11) is -1.34. The van der Waals surface area contributed by atoms with E-state index in [4.69, 9.17) is 0 Å². The molecule has 4 nitrogen and oxygen atoms in total. The smallest absolute Gasteiger partial charge is 0.127 e. The van der Waals surface area contributed by atoms with Crippen molar-refractivity contribution in [1.29, 1.82) is 0 Å². The standard InChI is InChI=1S/C33H39N2O2P/c1-22-17-25(32(3,4)5)30(36)28(19-22)38(29-20-23(2)18-26(31(29)37)33(6,7)8)27-14-10-9-13-24(27)21-34-35-15-11-12-16-35/h9-21,36-37H,1-8H3/b34-21+. The first kappa shape index (κ1) is 27.7. The van der Waals surface area contributed by atoms with Gasteiger partial charge in [0, 0.05) is 39.7 Å². The zero-order chi connectivity index (χ0) is 27.8. The summed E-state index contributed by atoms with van der Waals surface area (Å²) in [5, 5.41) is 30.9. The van der Waals surface area contributed by atoms with Crippen LogP contribution >= 0.6 is 7.92 Å². The molecular weight excluding hydrogens is 487 g/mol. The van der Waals surface area contributed by atoms with Gasteiger partial charge in [0.15, 0.2) is 0 Å². The molecule has 1 aromatic heterocycles. The number of aromatic nitrogens is 1. The lowest BCUT2D eigenvalue weighted by atomic mass is 9.85. The Morgan fingerprint density at radius 3 is 1.63 bits per heavy atom. The zero-order valence-electron chi connectivity index (χ0n) is 23.7. The molecule has 38 heavy (non-hydrogen) atoms. The molecule has 0 radical (unpaired) electrons. The summed E-state index contributed by atoms with van der Waals surface area (Å²) >= 11 is 0. The van der Waals surface area contributed by atoms with Crippen molar-refractivity contribution in [3.8, 4) is 11.5 Å². The van der Waals surface area contributed by atoms with Crippen LogP contribution in [0.2, 0.25) is 0 Å². The number of rotatable bonds is 5. The van der Waals surface area contributed by atoms with Gasteiger partial charge in [-0.1, -0.05) is 77.9 Å². The SMILES string of the molecule is Cc1cc(P(c2ccccc2/C=N/n2cccc2)c2cc(C)cc(C(C)(C)C)c2O)c(O)c(C(C)(C)C)c1. The number of benzene rings is 3. The molecule has 0 amide bonds. The maximum atomic E-state index is 11.8. The Balaban J connectivity index is 2.07. The predicted molar refractivity (Wildman–Crippen MR) is 163 cm³/mol. The van der Waals surface area contributed by atoms with E-state index in [1.165, 1.54) is 0 Å². The highest BCUT2D eigenvalue weighted by Crippen LogP contribution is 2.45. The van der Waals surface area contributed by atoms with E-state index < -0.39 is 7.92 Å². The number of aromatic hydroxyl groups is 2. The van der Waals surface area contributed by atoms with Gasteiger partial charge in [0.25, 0.3) is 0 Å². The first-order valence-electron chi connectivity index (χ1n) is 13.0. The largest absolute Gasteiger partial charge is 0.507 e. The molecular formula is C33H39N2O2P. The van der Waals surface area contributed by atoms with Crippen molar-refractivity contribution in [3.63, 3.8) is 0 Å². The van der Waals surface area contributed by atoms with Gasteiger partial charge in [-0.15, -0.1) is 0 Å². The monoisotopic (exact) mass is 526 g/mol. The Bertz CT molecular complexity index is 1400. The van der Waals surface area contributed by atoms with E-state index in [-0.39, 0.29) is 10.8 Å². The lowest BCUT2D eigenvalue weighted by molar-refractivity contribution is 0.450. The topological polar surface area (TPSA) is 57.8 Å². The molecule has 0 spiro atoms. The van der Waals surface area contributed by atoms with Crippen molar-refractivity contribution in [1.82, 2.24) is 4.68 Å². The van der Waals surface area contributed by atoms with Gasteiger partial charge in [0.2, 0.25) is 0 Å². The number of phenols is 2. The summed E-state index contributed by atoms with van der Waals surface area (Å²) < 4.78 is 1.77. The van der Waals surface area contributed by atoms with Crippen molar-refractivity contribution in [2.24, 2.45) is 5.10 Å². The van der Waals surface area contributed by atoms with Gasteiger partial charge < -0.3 is 10.2 Å². The highest BCUT2D eigenvalue weighted by atomic mass is 31.1. The first-order valence-corrected chi connectivity index (χ1v) is 14.4. The zero-order valence-corrected chi connectivity index (χ0v) is 24.6. The van der Waals surface area contributed by atoms with Crippen LogP contribution < -0.4 is 15.9 Å².